The van der Waals surface area contributed by atoms with Crippen LogP contribution in [0, 0.1) is 13.8 Å². The Morgan fingerprint density at radius 2 is 1.03 bits per heavy atom. The third-order valence-corrected chi connectivity index (χ3v) is 9.51. The normalized spacial score (nSPS) is 10.7. The van der Waals surface area contributed by atoms with Crippen LogP contribution in [0.2, 0.25) is 0 Å². The number of halogens is 2. The minimum absolute atomic E-state index is 0. The van der Waals surface area contributed by atoms with Gasteiger partial charge in [-0.1, -0.05) is 31.3 Å². The van der Waals surface area contributed by atoms with Gasteiger partial charge < -0.3 is 28.1 Å². The molecule has 58 heavy (non-hydrogen) atoms. The number of rotatable bonds is 12. The summed E-state index contributed by atoms with van der Waals surface area (Å²) in [6.07, 6.45) is 7.04. The van der Waals surface area contributed by atoms with Gasteiger partial charge >= 0.3 is 0 Å². The summed E-state index contributed by atoms with van der Waals surface area (Å²) in [5.74, 6) is 2.52. The van der Waals surface area contributed by atoms with Crippen LogP contribution in [-0.4, -0.2) is 74.2 Å². The maximum Gasteiger partial charge on any atom is 0.250 e. The molecular formula is C41H48F2N6O7S2. The van der Waals surface area contributed by atoms with E-state index in [4.69, 9.17) is 18.9 Å². The van der Waals surface area contributed by atoms with E-state index in [1.807, 2.05) is 62.7 Å². The van der Waals surface area contributed by atoms with E-state index in [2.05, 4.69) is 19.9 Å². The molecule has 4 aromatic heterocycles. The number of pyridine rings is 2. The highest BCUT2D eigenvalue weighted by Crippen LogP contribution is 2.29. The highest BCUT2D eigenvalue weighted by molar-refractivity contribution is 7.98. The Labute approximate surface area is 342 Å². The number of ether oxygens (including phenoxy) is 4. The summed E-state index contributed by atoms with van der Waals surface area (Å²) in [4.78, 5) is 42.2. The van der Waals surface area contributed by atoms with E-state index >= 15 is 0 Å². The van der Waals surface area contributed by atoms with Crippen molar-refractivity contribution in [1.82, 2.24) is 29.1 Å². The maximum absolute atomic E-state index is 12.4. The lowest BCUT2D eigenvalue weighted by Crippen LogP contribution is -2.19. The second kappa shape index (κ2) is 22.1. The predicted molar refractivity (Wildman–Crippen MR) is 226 cm³/mol. The average molecular weight is 839 g/mol. The van der Waals surface area contributed by atoms with E-state index in [1.54, 1.807) is 74.1 Å². The van der Waals surface area contributed by atoms with Crippen LogP contribution in [0.15, 0.2) is 105 Å². The number of hydrogen-bond donors (Lipinski definition) is 0. The molecule has 17 heteroatoms. The molecule has 0 N–H and O–H groups in total. The number of nitrogens with zero attached hydrogens (tertiary/aromatic N) is 6. The first-order valence-electron chi connectivity index (χ1n) is 16.9. The third-order valence-electron chi connectivity index (χ3n) is 8.27. The smallest absolute Gasteiger partial charge is 0.250 e. The molecule has 310 valence electrons. The van der Waals surface area contributed by atoms with Gasteiger partial charge in [0.1, 0.15) is 0 Å². The molecule has 2 aromatic carbocycles. The number of thioether (sulfide) groups is 1. The molecule has 0 aliphatic carbocycles. The number of benzene rings is 2. The molecule has 0 fully saturated rings. The van der Waals surface area contributed by atoms with Crippen molar-refractivity contribution in [3.8, 4) is 45.5 Å². The minimum Gasteiger partial charge on any atom is -0.493 e. The topological polar surface area (TPSA) is 150 Å². The fraction of sp³-hybridized carbons (Fsp3) is 0.268. The first-order chi connectivity index (χ1) is 26.4. The van der Waals surface area contributed by atoms with Crippen LogP contribution in [0.5, 0.6) is 23.0 Å². The number of methoxy groups -OCH3 is 4. The Morgan fingerprint density at radius 1 is 0.603 bits per heavy atom. The van der Waals surface area contributed by atoms with Gasteiger partial charge in [0.15, 0.2) is 28.2 Å². The summed E-state index contributed by atoms with van der Waals surface area (Å²) in [6.45, 7) is 4.54. The van der Waals surface area contributed by atoms with Crippen LogP contribution >= 0.6 is 11.8 Å². The molecule has 0 radical (unpaired) electrons. The zero-order valence-corrected chi connectivity index (χ0v) is 34.3. The number of aryl methyl sites for hydroxylation is 2. The van der Waals surface area contributed by atoms with Crippen molar-refractivity contribution in [2.24, 2.45) is 0 Å². The van der Waals surface area contributed by atoms with Gasteiger partial charge in [-0.05, 0) is 79.8 Å². The predicted octanol–water partition coefficient (Wildman–Crippen LogP) is 6.76. The average Bonchev–Trinajstić information content (AvgIpc) is 3.19. The quantitative estimate of drug-likeness (QED) is 0.0947. The molecule has 1 unspecified atom stereocenters. The molecule has 0 bridgehead atoms. The van der Waals surface area contributed by atoms with Crippen molar-refractivity contribution in [2.45, 2.75) is 44.7 Å². The SMILES string of the molecule is C.COc1ccc(Cn2cc(-c3cc(C)nc(S(C)=O)n3)ccc2=O)cc1OC.COc1ccc(Cn2cc(-c3cc(C)nc(SC)n3)ccc2=O)cc1OC.F.F. The van der Waals surface area contributed by atoms with E-state index in [-0.39, 0.29) is 33.1 Å². The largest absolute Gasteiger partial charge is 0.493 e. The third kappa shape index (κ3) is 12.0. The van der Waals surface area contributed by atoms with Crippen LogP contribution < -0.4 is 30.1 Å². The molecule has 0 aliphatic heterocycles. The van der Waals surface area contributed by atoms with Crippen LogP contribution in [0.1, 0.15) is 29.9 Å². The van der Waals surface area contributed by atoms with Gasteiger partial charge in [-0.25, -0.2) is 19.9 Å². The Hall–Kier alpha value is -5.94. The fourth-order valence-electron chi connectivity index (χ4n) is 5.56. The molecule has 6 aromatic rings. The van der Waals surface area contributed by atoms with Crippen molar-refractivity contribution >= 4 is 22.6 Å². The van der Waals surface area contributed by atoms with Gasteiger partial charge in [0, 0.05) is 53.3 Å². The summed E-state index contributed by atoms with van der Waals surface area (Å²) in [6, 6.07) is 21.4. The summed E-state index contributed by atoms with van der Waals surface area (Å²) < 4.78 is 36.2. The Bertz CT molecular complexity index is 2460. The Kier molecular flexibility index (Phi) is 18.4. The first-order valence-corrected chi connectivity index (χ1v) is 19.7. The second-order valence-electron chi connectivity index (χ2n) is 12.2. The van der Waals surface area contributed by atoms with Crippen LogP contribution in [0.3, 0.4) is 0 Å². The zero-order chi connectivity index (χ0) is 39.6. The monoisotopic (exact) mass is 838 g/mol. The van der Waals surface area contributed by atoms with Crippen molar-refractivity contribution in [2.75, 3.05) is 41.0 Å². The van der Waals surface area contributed by atoms with Crippen molar-refractivity contribution in [1.29, 1.82) is 0 Å². The fourth-order valence-corrected chi connectivity index (χ4v) is 6.49. The van der Waals surface area contributed by atoms with Gasteiger partial charge in [0.2, 0.25) is 5.16 Å². The van der Waals surface area contributed by atoms with E-state index in [9.17, 15) is 13.8 Å². The molecule has 0 saturated heterocycles. The van der Waals surface area contributed by atoms with E-state index in [1.165, 1.54) is 24.1 Å². The minimum atomic E-state index is -1.29. The molecule has 4 heterocycles. The summed E-state index contributed by atoms with van der Waals surface area (Å²) in [5, 5.41) is 0.982. The number of aromatic nitrogens is 6. The molecule has 0 spiro atoms. The van der Waals surface area contributed by atoms with Crippen molar-refractivity contribution in [3.05, 3.63) is 128 Å². The lowest BCUT2D eigenvalue weighted by Gasteiger charge is -2.12. The van der Waals surface area contributed by atoms with E-state index in [0.717, 1.165) is 33.6 Å². The van der Waals surface area contributed by atoms with Gasteiger partial charge in [-0.2, -0.15) is 0 Å². The molecule has 0 saturated carbocycles. The van der Waals surface area contributed by atoms with Gasteiger partial charge in [0.05, 0.1) is 63.7 Å². The van der Waals surface area contributed by atoms with E-state index < -0.39 is 10.8 Å². The van der Waals surface area contributed by atoms with Crippen LogP contribution in [0.25, 0.3) is 22.5 Å². The first kappa shape index (κ1) is 48.2. The summed E-state index contributed by atoms with van der Waals surface area (Å²) in [5.41, 5.74) is 6.27. The second-order valence-corrected chi connectivity index (χ2v) is 14.2. The molecular weight excluding hydrogens is 791 g/mol. The van der Waals surface area contributed by atoms with E-state index in [0.29, 0.717) is 52.6 Å². The van der Waals surface area contributed by atoms with Gasteiger partial charge in [0.25, 0.3) is 11.1 Å². The highest BCUT2D eigenvalue weighted by atomic mass is 32.2. The summed E-state index contributed by atoms with van der Waals surface area (Å²) >= 11 is 1.49. The molecule has 0 amide bonds. The lowest BCUT2D eigenvalue weighted by atomic mass is 10.1. The summed E-state index contributed by atoms with van der Waals surface area (Å²) in [7, 11) is 5.05. The zero-order valence-electron chi connectivity index (χ0n) is 32.7. The standard InChI is InChI=1S/C20H21N3O4S.C20H21N3O3S.CH4.2FH/c1-13-9-16(22-20(21-13)28(4)25)15-6-8-19(24)23(12-15)11-14-5-7-17(26-2)18(10-14)27-3;1-13-9-16(22-20(21-13)27-4)15-6-8-19(24)23(12-15)11-14-5-7-17(25-2)18(10-14)26-3;;;/h5-10,12H,11H2,1-4H3;5-10,12H,11H2,1-4H3;1H4;2*1H. The Balaban J connectivity index is 0.000000381. The van der Waals surface area contributed by atoms with Crippen molar-refractivity contribution < 1.29 is 32.6 Å². The molecule has 1 atom stereocenters. The highest BCUT2D eigenvalue weighted by Gasteiger charge is 2.12. The number of hydrogen-bond acceptors (Lipinski definition) is 12. The van der Waals surface area contributed by atoms with Crippen molar-refractivity contribution in [3.63, 3.8) is 0 Å². The Morgan fingerprint density at radius 3 is 1.45 bits per heavy atom. The van der Waals surface area contributed by atoms with Crippen LogP contribution in [-0.2, 0) is 23.9 Å². The molecule has 13 nitrogen and oxygen atoms in total. The lowest BCUT2D eigenvalue weighted by molar-refractivity contribution is 0.354. The van der Waals surface area contributed by atoms with Gasteiger partial charge in [-0.15, -0.1) is 0 Å². The van der Waals surface area contributed by atoms with Gasteiger partial charge in [-0.3, -0.25) is 23.2 Å². The molecule has 0 aliphatic rings. The maximum atomic E-state index is 12.4. The van der Waals surface area contributed by atoms with Crippen LogP contribution in [0.4, 0.5) is 9.41 Å². The molecule has 6 rings (SSSR count).